The van der Waals surface area contributed by atoms with Crippen LogP contribution in [0.2, 0.25) is 0 Å². The van der Waals surface area contributed by atoms with Crippen LogP contribution in [0.15, 0.2) is 0 Å². The van der Waals surface area contributed by atoms with E-state index < -0.39 is 18.8 Å². The Bertz CT molecular complexity index is 239. The first kappa shape index (κ1) is 13.2. The smallest absolute Gasteiger partial charge is 0.411 e. The summed E-state index contributed by atoms with van der Waals surface area (Å²) in [7, 11) is 0. The van der Waals surface area contributed by atoms with Gasteiger partial charge in [0.2, 0.25) is 0 Å². The predicted molar refractivity (Wildman–Crippen MR) is 49.1 cm³/mol. The second-order valence-corrected chi connectivity index (χ2v) is 3.89. The van der Waals surface area contributed by atoms with E-state index >= 15 is 0 Å². The molecular formula is C9H14F3NO3. The molecule has 0 unspecified atom stereocenters. The largest absolute Gasteiger partial charge is 0.481 e. The van der Waals surface area contributed by atoms with Crippen molar-refractivity contribution in [2.45, 2.75) is 12.6 Å². The van der Waals surface area contributed by atoms with Crippen molar-refractivity contribution >= 4 is 5.97 Å². The summed E-state index contributed by atoms with van der Waals surface area (Å²) in [6, 6.07) is 0. The van der Waals surface area contributed by atoms with Crippen LogP contribution >= 0.6 is 0 Å². The van der Waals surface area contributed by atoms with Gasteiger partial charge in [-0.15, -0.1) is 0 Å². The molecule has 4 nitrogen and oxygen atoms in total. The minimum atomic E-state index is -4.28. The average molecular weight is 241 g/mol. The Morgan fingerprint density at radius 1 is 1.44 bits per heavy atom. The van der Waals surface area contributed by atoms with Crippen LogP contribution in [0.4, 0.5) is 13.2 Å². The molecule has 0 bridgehead atoms. The molecule has 1 aliphatic rings. The van der Waals surface area contributed by atoms with Crippen molar-refractivity contribution in [2.24, 2.45) is 5.92 Å². The normalized spacial score (nSPS) is 18.4. The summed E-state index contributed by atoms with van der Waals surface area (Å²) < 4.78 is 39.5. The van der Waals surface area contributed by atoms with Crippen LogP contribution < -0.4 is 0 Å². The maximum Gasteiger partial charge on any atom is 0.411 e. The van der Waals surface area contributed by atoms with E-state index in [1.807, 2.05) is 4.90 Å². The van der Waals surface area contributed by atoms with Crippen LogP contribution in [0.3, 0.4) is 0 Å². The lowest BCUT2D eigenvalue weighted by atomic mass is 9.97. The molecule has 0 aromatic carbocycles. The van der Waals surface area contributed by atoms with E-state index in [0.29, 0.717) is 19.6 Å². The lowest BCUT2D eigenvalue weighted by molar-refractivity contribution is -0.175. The predicted octanol–water partition coefficient (Wildman–Crippen LogP) is 0.972. The van der Waals surface area contributed by atoms with E-state index in [9.17, 15) is 18.0 Å². The summed E-state index contributed by atoms with van der Waals surface area (Å²) in [6.07, 6.45) is -4.15. The standard InChI is InChI=1S/C9H14F3NO3/c10-9(11,12)6-16-2-1-13-4-7(5-13)3-8(14)15/h7H,1-6H2,(H,14,15). The summed E-state index contributed by atoms with van der Waals surface area (Å²) >= 11 is 0. The van der Waals surface area contributed by atoms with Crippen LogP contribution in [0.25, 0.3) is 0 Å². The second kappa shape index (κ2) is 5.49. The van der Waals surface area contributed by atoms with Gasteiger partial charge in [-0.2, -0.15) is 13.2 Å². The molecule has 1 aliphatic heterocycles. The molecule has 1 heterocycles. The van der Waals surface area contributed by atoms with Crippen LogP contribution in [-0.4, -0.2) is 55.0 Å². The first-order valence-corrected chi connectivity index (χ1v) is 4.95. The maximum absolute atomic E-state index is 11.7. The molecule has 1 saturated heterocycles. The summed E-state index contributed by atoms with van der Waals surface area (Å²) in [6.45, 7) is 0.480. The van der Waals surface area contributed by atoms with Crippen molar-refractivity contribution in [1.29, 1.82) is 0 Å². The number of hydrogen-bond donors (Lipinski definition) is 1. The van der Waals surface area contributed by atoms with Crippen molar-refractivity contribution in [2.75, 3.05) is 32.8 Å². The molecule has 16 heavy (non-hydrogen) atoms. The van der Waals surface area contributed by atoms with Crippen molar-refractivity contribution < 1.29 is 27.8 Å². The lowest BCUT2D eigenvalue weighted by Crippen LogP contribution is -2.48. The number of alkyl halides is 3. The molecule has 7 heteroatoms. The Morgan fingerprint density at radius 2 is 2.06 bits per heavy atom. The van der Waals surface area contributed by atoms with Crippen LogP contribution in [0, 0.1) is 5.92 Å². The van der Waals surface area contributed by atoms with Crippen molar-refractivity contribution in [1.82, 2.24) is 4.90 Å². The lowest BCUT2D eigenvalue weighted by Gasteiger charge is -2.38. The van der Waals surface area contributed by atoms with Gasteiger partial charge in [0.05, 0.1) is 13.0 Å². The van der Waals surface area contributed by atoms with Gasteiger partial charge in [-0.1, -0.05) is 0 Å². The molecule has 0 amide bonds. The highest BCUT2D eigenvalue weighted by molar-refractivity contribution is 5.67. The van der Waals surface area contributed by atoms with E-state index in [4.69, 9.17) is 5.11 Å². The Hall–Kier alpha value is -0.820. The number of carboxylic acid groups (broad SMARTS) is 1. The molecule has 0 aromatic rings. The zero-order chi connectivity index (χ0) is 12.2. The molecule has 1 N–H and O–H groups in total. The van der Waals surface area contributed by atoms with E-state index in [1.165, 1.54) is 0 Å². The van der Waals surface area contributed by atoms with Gasteiger partial charge in [0.1, 0.15) is 6.61 Å². The fraction of sp³-hybridized carbons (Fsp3) is 0.889. The SMILES string of the molecule is O=C(O)CC1CN(CCOCC(F)(F)F)C1. The summed E-state index contributed by atoms with van der Waals surface area (Å²) in [5.74, 6) is -0.710. The Labute approximate surface area is 91.0 Å². The molecule has 0 aromatic heterocycles. The Balaban J connectivity index is 1.96. The van der Waals surface area contributed by atoms with E-state index in [2.05, 4.69) is 4.74 Å². The maximum atomic E-state index is 11.7. The number of ether oxygens (including phenoxy) is 1. The quantitative estimate of drug-likeness (QED) is 0.704. The molecule has 94 valence electrons. The molecule has 0 aliphatic carbocycles. The van der Waals surface area contributed by atoms with Gasteiger partial charge in [-0.3, -0.25) is 4.79 Å². The van der Waals surface area contributed by atoms with Gasteiger partial charge in [-0.05, 0) is 5.92 Å². The third-order valence-corrected chi connectivity index (χ3v) is 2.31. The molecule has 0 saturated carbocycles. The monoisotopic (exact) mass is 241 g/mol. The third kappa shape index (κ3) is 5.32. The van der Waals surface area contributed by atoms with E-state index in [-0.39, 0.29) is 18.9 Å². The highest BCUT2D eigenvalue weighted by atomic mass is 19.4. The number of likely N-dealkylation sites (tertiary alicyclic amines) is 1. The number of rotatable bonds is 6. The van der Waals surface area contributed by atoms with Gasteiger partial charge in [-0.25, -0.2) is 0 Å². The molecule has 1 fully saturated rings. The zero-order valence-corrected chi connectivity index (χ0v) is 8.66. The second-order valence-electron chi connectivity index (χ2n) is 3.89. The Kier molecular flexibility index (Phi) is 4.55. The van der Waals surface area contributed by atoms with E-state index in [1.54, 1.807) is 0 Å². The summed E-state index contributed by atoms with van der Waals surface area (Å²) in [5.41, 5.74) is 0. The number of halogens is 3. The molecule has 0 radical (unpaired) electrons. The van der Waals surface area contributed by atoms with Gasteiger partial charge < -0.3 is 14.7 Å². The first-order chi connectivity index (χ1) is 7.37. The van der Waals surface area contributed by atoms with Crippen molar-refractivity contribution in [3.05, 3.63) is 0 Å². The fourth-order valence-electron chi connectivity index (χ4n) is 1.62. The number of carboxylic acids is 1. The highest BCUT2D eigenvalue weighted by Crippen LogP contribution is 2.18. The van der Waals surface area contributed by atoms with E-state index in [0.717, 1.165) is 0 Å². The topological polar surface area (TPSA) is 49.8 Å². The number of carbonyl (C=O) groups is 1. The van der Waals surface area contributed by atoms with Gasteiger partial charge >= 0.3 is 12.1 Å². The van der Waals surface area contributed by atoms with Gasteiger partial charge in [0, 0.05) is 19.6 Å². The summed E-state index contributed by atoms with van der Waals surface area (Å²) in [4.78, 5) is 12.2. The zero-order valence-electron chi connectivity index (χ0n) is 8.66. The first-order valence-electron chi connectivity index (χ1n) is 4.95. The number of aliphatic carboxylic acids is 1. The van der Waals surface area contributed by atoms with Gasteiger partial charge in [0.25, 0.3) is 0 Å². The Morgan fingerprint density at radius 3 is 2.56 bits per heavy atom. The van der Waals surface area contributed by atoms with Crippen LogP contribution in [-0.2, 0) is 9.53 Å². The average Bonchev–Trinajstić information content (AvgIpc) is 2.04. The van der Waals surface area contributed by atoms with Crippen LogP contribution in [0.5, 0.6) is 0 Å². The van der Waals surface area contributed by atoms with Crippen molar-refractivity contribution in [3.63, 3.8) is 0 Å². The molecular weight excluding hydrogens is 227 g/mol. The fourth-order valence-corrected chi connectivity index (χ4v) is 1.62. The third-order valence-electron chi connectivity index (χ3n) is 2.31. The van der Waals surface area contributed by atoms with Gasteiger partial charge in [0.15, 0.2) is 0 Å². The summed E-state index contributed by atoms with van der Waals surface area (Å²) in [5, 5.41) is 8.47. The van der Waals surface area contributed by atoms with Crippen LogP contribution in [0.1, 0.15) is 6.42 Å². The highest BCUT2D eigenvalue weighted by Gasteiger charge is 2.29. The van der Waals surface area contributed by atoms with Crippen molar-refractivity contribution in [3.8, 4) is 0 Å². The minimum absolute atomic E-state index is 0.0271. The molecule has 1 rings (SSSR count). The molecule has 0 atom stereocenters. The minimum Gasteiger partial charge on any atom is -0.481 e. The number of hydrogen-bond acceptors (Lipinski definition) is 3. The number of nitrogens with zero attached hydrogens (tertiary/aromatic N) is 1. The molecule has 0 spiro atoms.